The van der Waals surface area contributed by atoms with Gasteiger partial charge in [-0.05, 0) is 63.9 Å². The molecule has 2 amide bonds. The summed E-state index contributed by atoms with van der Waals surface area (Å²) in [6.07, 6.45) is 0. The normalized spacial score (nSPS) is 11.1. The number of hydrogen-bond acceptors (Lipinski definition) is 2. The van der Waals surface area contributed by atoms with Gasteiger partial charge in [0.2, 0.25) is 11.8 Å². The molecular formula is C20H23ClN2O2. The van der Waals surface area contributed by atoms with Crippen LogP contribution in [0.2, 0.25) is 5.02 Å². The van der Waals surface area contributed by atoms with Crippen LogP contribution in [-0.2, 0) is 9.59 Å². The first-order valence-electron chi connectivity index (χ1n) is 8.08. The van der Waals surface area contributed by atoms with Crippen molar-refractivity contribution in [1.29, 1.82) is 0 Å². The third-order valence-corrected chi connectivity index (χ3v) is 4.69. The zero-order valence-corrected chi connectivity index (χ0v) is 15.9. The van der Waals surface area contributed by atoms with Gasteiger partial charge >= 0.3 is 0 Å². The molecule has 0 atom stereocenters. The molecule has 5 heteroatoms. The SMILES string of the molecule is Cc1ccc(NC(=O)C(C)(C)C(=O)Nc2cccc(Cl)c2C)c(C)c1. The van der Waals surface area contributed by atoms with E-state index in [0.717, 1.165) is 16.7 Å². The van der Waals surface area contributed by atoms with Crippen molar-refractivity contribution in [2.45, 2.75) is 34.6 Å². The van der Waals surface area contributed by atoms with Crippen LogP contribution in [0.1, 0.15) is 30.5 Å². The first kappa shape index (κ1) is 19.0. The average molecular weight is 359 g/mol. The highest BCUT2D eigenvalue weighted by atomic mass is 35.5. The van der Waals surface area contributed by atoms with E-state index in [1.54, 1.807) is 32.0 Å². The molecule has 0 radical (unpaired) electrons. The molecule has 2 rings (SSSR count). The lowest BCUT2D eigenvalue weighted by Crippen LogP contribution is -2.41. The minimum absolute atomic E-state index is 0.364. The summed E-state index contributed by atoms with van der Waals surface area (Å²) in [5.41, 5.74) is 2.90. The van der Waals surface area contributed by atoms with Crippen molar-refractivity contribution in [1.82, 2.24) is 0 Å². The third-order valence-electron chi connectivity index (χ3n) is 4.28. The van der Waals surface area contributed by atoms with Gasteiger partial charge in [-0.3, -0.25) is 9.59 Å². The van der Waals surface area contributed by atoms with Gasteiger partial charge in [0, 0.05) is 16.4 Å². The van der Waals surface area contributed by atoms with E-state index in [2.05, 4.69) is 10.6 Å². The van der Waals surface area contributed by atoms with E-state index in [9.17, 15) is 9.59 Å². The second-order valence-electron chi connectivity index (χ2n) is 6.76. The monoisotopic (exact) mass is 358 g/mol. The number of anilines is 2. The van der Waals surface area contributed by atoms with Crippen LogP contribution in [0, 0.1) is 26.2 Å². The first-order valence-corrected chi connectivity index (χ1v) is 8.46. The predicted octanol–water partition coefficient (Wildman–Crippen LogP) is 4.87. The number of nitrogens with one attached hydrogen (secondary N) is 2. The summed E-state index contributed by atoms with van der Waals surface area (Å²) in [4.78, 5) is 25.3. The Hall–Kier alpha value is -2.33. The molecule has 0 aliphatic rings. The molecule has 2 aromatic rings. The maximum Gasteiger partial charge on any atom is 0.239 e. The second-order valence-corrected chi connectivity index (χ2v) is 7.17. The summed E-state index contributed by atoms with van der Waals surface area (Å²) in [5, 5.41) is 6.21. The molecule has 0 bridgehead atoms. The molecule has 0 fully saturated rings. The molecular weight excluding hydrogens is 336 g/mol. The quantitative estimate of drug-likeness (QED) is 0.766. The number of carbonyl (C=O) groups excluding carboxylic acids is 2. The number of halogens is 1. The highest BCUT2D eigenvalue weighted by Crippen LogP contribution is 2.27. The summed E-state index contributed by atoms with van der Waals surface area (Å²) >= 11 is 6.08. The zero-order chi connectivity index (χ0) is 18.8. The Kier molecular flexibility index (Phi) is 5.53. The summed E-state index contributed by atoms with van der Waals surface area (Å²) in [5.74, 6) is -0.753. The van der Waals surface area contributed by atoms with Crippen molar-refractivity contribution in [3.05, 3.63) is 58.1 Å². The van der Waals surface area contributed by atoms with Crippen LogP contribution >= 0.6 is 11.6 Å². The van der Waals surface area contributed by atoms with Crippen LogP contribution in [-0.4, -0.2) is 11.8 Å². The van der Waals surface area contributed by atoms with Crippen LogP contribution in [0.15, 0.2) is 36.4 Å². The number of aryl methyl sites for hydroxylation is 2. The Morgan fingerprint density at radius 1 is 0.920 bits per heavy atom. The number of amides is 2. The van der Waals surface area contributed by atoms with Crippen LogP contribution in [0.25, 0.3) is 0 Å². The van der Waals surface area contributed by atoms with E-state index in [1.807, 2.05) is 39.0 Å². The highest BCUT2D eigenvalue weighted by Gasteiger charge is 2.36. The van der Waals surface area contributed by atoms with Crippen LogP contribution in [0.4, 0.5) is 11.4 Å². The van der Waals surface area contributed by atoms with Gasteiger partial charge in [0.25, 0.3) is 0 Å². The number of benzene rings is 2. The summed E-state index contributed by atoms with van der Waals surface area (Å²) in [7, 11) is 0. The van der Waals surface area contributed by atoms with Gasteiger partial charge in [-0.15, -0.1) is 0 Å². The van der Waals surface area contributed by atoms with Crippen LogP contribution in [0.5, 0.6) is 0 Å². The molecule has 0 heterocycles. The fourth-order valence-corrected chi connectivity index (χ4v) is 2.53. The van der Waals surface area contributed by atoms with E-state index in [1.165, 1.54) is 0 Å². The van der Waals surface area contributed by atoms with Crippen LogP contribution < -0.4 is 10.6 Å². The first-order chi connectivity index (χ1) is 11.6. The molecule has 0 saturated carbocycles. The Morgan fingerprint density at radius 3 is 2.12 bits per heavy atom. The molecule has 0 unspecified atom stereocenters. The van der Waals surface area contributed by atoms with Crippen molar-refractivity contribution in [2.75, 3.05) is 10.6 Å². The van der Waals surface area contributed by atoms with Crippen molar-refractivity contribution in [3.8, 4) is 0 Å². The van der Waals surface area contributed by atoms with Gasteiger partial charge in [0.1, 0.15) is 5.41 Å². The number of rotatable bonds is 4. The van der Waals surface area contributed by atoms with Crippen molar-refractivity contribution in [3.63, 3.8) is 0 Å². The van der Waals surface area contributed by atoms with Gasteiger partial charge in [-0.1, -0.05) is 35.4 Å². The molecule has 25 heavy (non-hydrogen) atoms. The molecule has 4 nitrogen and oxygen atoms in total. The number of carbonyl (C=O) groups is 2. The van der Waals surface area contributed by atoms with E-state index in [0.29, 0.717) is 16.4 Å². The molecule has 0 aliphatic heterocycles. The van der Waals surface area contributed by atoms with Gasteiger partial charge in [-0.2, -0.15) is 0 Å². The predicted molar refractivity (Wildman–Crippen MR) is 103 cm³/mol. The van der Waals surface area contributed by atoms with Gasteiger partial charge in [-0.25, -0.2) is 0 Å². The van der Waals surface area contributed by atoms with Crippen molar-refractivity contribution < 1.29 is 9.59 Å². The Bertz CT molecular complexity index is 828. The Balaban J connectivity index is 2.17. The summed E-state index contributed by atoms with van der Waals surface area (Å²) in [6.45, 7) is 8.93. The molecule has 2 N–H and O–H groups in total. The molecule has 132 valence electrons. The van der Waals surface area contributed by atoms with E-state index < -0.39 is 5.41 Å². The summed E-state index contributed by atoms with van der Waals surface area (Å²) < 4.78 is 0. The topological polar surface area (TPSA) is 58.2 Å². The van der Waals surface area contributed by atoms with Gasteiger partial charge < -0.3 is 10.6 Å². The molecule has 0 aliphatic carbocycles. The van der Waals surface area contributed by atoms with E-state index in [4.69, 9.17) is 11.6 Å². The molecule has 0 saturated heterocycles. The standard InChI is InChI=1S/C20H23ClN2O2/c1-12-9-10-16(13(2)11-12)22-18(24)20(4,5)19(25)23-17-8-6-7-15(21)14(17)3/h6-11H,1-5H3,(H,22,24)(H,23,25). The lowest BCUT2D eigenvalue weighted by Gasteiger charge is -2.24. The smallest absolute Gasteiger partial charge is 0.239 e. The van der Waals surface area contributed by atoms with Crippen molar-refractivity contribution in [2.24, 2.45) is 5.41 Å². The second kappa shape index (κ2) is 7.28. The van der Waals surface area contributed by atoms with Crippen LogP contribution in [0.3, 0.4) is 0 Å². The third kappa shape index (κ3) is 4.20. The Labute approximate surface area is 153 Å². The molecule has 0 aromatic heterocycles. The highest BCUT2D eigenvalue weighted by molar-refractivity contribution is 6.31. The maximum atomic E-state index is 12.7. The minimum Gasteiger partial charge on any atom is -0.325 e. The number of hydrogen-bond donors (Lipinski definition) is 2. The fraction of sp³-hybridized carbons (Fsp3) is 0.300. The minimum atomic E-state index is -1.24. The average Bonchev–Trinajstić information content (AvgIpc) is 2.54. The lowest BCUT2D eigenvalue weighted by atomic mass is 9.90. The van der Waals surface area contributed by atoms with E-state index >= 15 is 0 Å². The molecule has 0 spiro atoms. The lowest BCUT2D eigenvalue weighted by molar-refractivity contribution is -0.135. The van der Waals surface area contributed by atoms with Crippen molar-refractivity contribution >= 4 is 34.8 Å². The van der Waals surface area contributed by atoms with E-state index in [-0.39, 0.29) is 11.8 Å². The van der Waals surface area contributed by atoms with Gasteiger partial charge in [0.05, 0.1) is 0 Å². The summed E-state index contributed by atoms with van der Waals surface area (Å²) in [6, 6.07) is 11.0. The van der Waals surface area contributed by atoms with Gasteiger partial charge in [0.15, 0.2) is 0 Å². The molecule has 2 aromatic carbocycles. The largest absolute Gasteiger partial charge is 0.325 e. The maximum absolute atomic E-state index is 12.7. The Morgan fingerprint density at radius 2 is 1.52 bits per heavy atom. The fourth-order valence-electron chi connectivity index (χ4n) is 2.36. The zero-order valence-electron chi connectivity index (χ0n) is 15.2.